The number of benzene rings is 2. The topological polar surface area (TPSA) is 121 Å². The van der Waals surface area contributed by atoms with Crippen molar-refractivity contribution in [2.24, 2.45) is 5.73 Å². The molecule has 1 aliphatic heterocycles. The fourth-order valence-electron chi connectivity index (χ4n) is 2.06. The quantitative estimate of drug-likeness (QED) is 0.0391. The molecule has 1 saturated heterocycles. The third-order valence-corrected chi connectivity index (χ3v) is 7.97. The Bertz CT molecular complexity index is 831. The minimum Gasteiger partial charge on any atom is 0 e. The van der Waals surface area contributed by atoms with Crippen molar-refractivity contribution in [2.45, 2.75) is 3.67 Å². The minimum atomic E-state index is -0.660. The number of phenols is 1. The molecule has 0 spiro atoms. The number of hydrogen-bond acceptors (Lipinski definition) is 7. The number of ether oxygens (including phenoxy) is 2. The maximum atomic E-state index is 12.1. The van der Waals surface area contributed by atoms with Gasteiger partial charge in [-0.2, -0.15) is 0 Å². The smallest absolute Gasteiger partial charge is 0 e. The zero-order chi connectivity index (χ0) is 18.0. The van der Waals surface area contributed by atoms with Gasteiger partial charge >= 0.3 is 146 Å². The summed E-state index contributed by atoms with van der Waals surface area (Å²) in [5.74, 6) is -0.831. The van der Waals surface area contributed by atoms with Crippen LogP contribution in [0.5, 0.6) is 5.75 Å². The van der Waals surface area contributed by atoms with Crippen molar-refractivity contribution < 1.29 is 65.1 Å². The Labute approximate surface area is 186 Å². The van der Waals surface area contributed by atoms with E-state index >= 15 is 0 Å². The van der Waals surface area contributed by atoms with Crippen LogP contribution in [0, 0.1) is 3.92 Å². The van der Waals surface area contributed by atoms with Crippen LogP contribution in [0.3, 0.4) is 0 Å². The van der Waals surface area contributed by atoms with Crippen molar-refractivity contribution in [3.63, 3.8) is 0 Å². The maximum Gasteiger partial charge on any atom is 0 e. The largest absolute Gasteiger partial charge is 0 e. The molecule has 0 aliphatic carbocycles. The molecule has 1 unspecified atom stereocenters. The minimum absolute atomic E-state index is 0. The van der Waals surface area contributed by atoms with Crippen LogP contribution in [0.1, 0.15) is 10.4 Å². The van der Waals surface area contributed by atoms with E-state index in [0.717, 1.165) is 10.8 Å². The summed E-state index contributed by atoms with van der Waals surface area (Å²) in [5.41, 5.74) is 6.25. The number of alkyl halides is 1. The molecule has 1 radical (unpaired) electrons. The Balaban J connectivity index is 0.00000243. The van der Waals surface area contributed by atoms with Crippen molar-refractivity contribution in [3.8, 4) is 5.75 Å². The maximum absolute atomic E-state index is 12.1. The fraction of sp³-hybridized carbons (Fsp3) is 0.188. The van der Waals surface area contributed by atoms with E-state index in [1.54, 1.807) is 36.4 Å². The molecule has 7 nitrogen and oxygen atoms in total. The number of halogens is 2. The summed E-state index contributed by atoms with van der Waals surface area (Å²) in [5, 5.41) is 11.1. The molecule has 10 heteroatoms. The zero-order valence-electron chi connectivity index (χ0n) is 13.1. The number of esters is 2. The van der Waals surface area contributed by atoms with Crippen LogP contribution in [0.25, 0.3) is 10.8 Å². The summed E-state index contributed by atoms with van der Waals surface area (Å²) in [6, 6.07) is 9.92. The molecule has 143 valence electrons. The van der Waals surface area contributed by atoms with Crippen molar-refractivity contribution in [1.29, 1.82) is 0 Å². The van der Waals surface area contributed by atoms with Gasteiger partial charge in [0.05, 0.1) is 0 Å². The first-order valence-corrected chi connectivity index (χ1v) is 10.4. The normalized spacial score (nSPS) is 18.2. The number of fused-ring (bicyclic) bond motifs is 1. The van der Waals surface area contributed by atoms with E-state index in [9.17, 15) is 14.7 Å². The molecule has 2 aromatic carbocycles. The van der Waals surface area contributed by atoms with Gasteiger partial charge in [0.15, 0.2) is 0 Å². The number of carbonyl (C=O) groups is 2. The number of nitrogens with one attached hydrogen (secondary N) is 1. The number of carbonyl (C=O) groups excluding carboxylic acids is 2. The van der Waals surface area contributed by atoms with Gasteiger partial charge in [0.1, 0.15) is 5.75 Å². The van der Waals surface area contributed by atoms with Gasteiger partial charge in [-0.05, 0) is 12.1 Å². The third-order valence-electron chi connectivity index (χ3n) is 3.41. The van der Waals surface area contributed by atoms with Gasteiger partial charge in [-0.3, -0.25) is 0 Å². The number of rotatable bonds is 6. The molecule has 1 fully saturated rings. The van der Waals surface area contributed by atoms with E-state index in [1.165, 1.54) is 0 Å². The van der Waals surface area contributed by atoms with Gasteiger partial charge in [0, 0.05) is 19.5 Å². The summed E-state index contributed by atoms with van der Waals surface area (Å²) in [6.07, 6.45) is 0. The van der Waals surface area contributed by atoms with Crippen LogP contribution in [-0.4, -0.2) is 33.9 Å². The first kappa shape index (κ1) is 21.6. The Morgan fingerprint density at radius 3 is 2.50 bits per heavy atom. The molecular weight excluding hydrogens is 657 g/mol. The Hall–Kier alpha value is -0.687. The van der Waals surface area contributed by atoms with Crippen molar-refractivity contribution in [1.82, 2.24) is 3.53 Å². The molecule has 3 rings (SSSR count). The summed E-state index contributed by atoms with van der Waals surface area (Å²) in [7, 11) is 0. The van der Waals surface area contributed by atoms with Gasteiger partial charge in [0.2, 0.25) is 0 Å². The first-order valence-electron chi connectivity index (χ1n) is 7.20. The summed E-state index contributed by atoms with van der Waals surface area (Å²) in [6.45, 7) is -0.0743. The van der Waals surface area contributed by atoms with Gasteiger partial charge in [0.25, 0.3) is 0 Å². The van der Waals surface area contributed by atoms with E-state index in [1.807, 2.05) is 22.6 Å². The molecule has 4 N–H and O–H groups in total. The molecule has 26 heavy (non-hydrogen) atoms. The van der Waals surface area contributed by atoms with Crippen LogP contribution in [0.2, 0.25) is 0 Å². The molecule has 1 aliphatic rings. The molecule has 0 saturated carbocycles. The molecule has 0 bridgehead atoms. The molecule has 0 aromatic heterocycles. The van der Waals surface area contributed by atoms with Gasteiger partial charge < -0.3 is 5.11 Å². The van der Waals surface area contributed by atoms with Crippen LogP contribution in [-0.2, 0) is 33.7 Å². The number of nitrogens with two attached hydrogens (primary N) is 1. The van der Waals surface area contributed by atoms with Crippen molar-refractivity contribution in [3.05, 3.63) is 45.9 Å². The second kappa shape index (κ2) is 9.00. The standard InChI is InChI=1S/C16H14I2N2O5.Rh/c17-13(16(19)18-20-16)15(23)25-6-5-24-14(22)11-2-1-10-8-12(21)4-3-9(10)7-11;/h1-4,7-8,20-21H,5-6,19H2;/q-2;. The average Bonchev–Trinajstić information content (AvgIpc) is 3.35. The monoisotopic (exact) mass is 671 g/mol. The van der Waals surface area contributed by atoms with E-state index in [4.69, 9.17) is 15.2 Å². The Morgan fingerprint density at radius 2 is 1.81 bits per heavy atom. The Morgan fingerprint density at radius 1 is 1.19 bits per heavy atom. The van der Waals surface area contributed by atoms with E-state index < -0.39 is 15.6 Å². The fourth-order valence-corrected chi connectivity index (χ4v) is 4.57. The van der Waals surface area contributed by atoms with Gasteiger partial charge in [-0.15, -0.1) is 0 Å². The van der Waals surface area contributed by atoms with Gasteiger partial charge in [-0.1, -0.05) is 0 Å². The number of aromatic hydroxyl groups is 1. The van der Waals surface area contributed by atoms with Crippen molar-refractivity contribution in [2.75, 3.05) is 13.2 Å². The average molecular weight is 671 g/mol. The third kappa shape index (κ3) is 5.19. The molecule has 0 amide bonds. The summed E-state index contributed by atoms with van der Waals surface area (Å²) in [4.78, 5) is 23.8. The van der Waals surface area contributed by atoms with Crippen LogP contribution >= 0.6 is 22.6 Å². The van der Waals surface area contributed by atoms with E-state index in [0.29, 0.717) is 9.49 Å². The molecule has 1 heterocycles. The number of hydrogen-bond donors (Lipinski definition) is 3. The molecule has 2 aromatic rings. The number of phenolic OH excluding ortho intramolecular Hbond substituents is 1. The molecular formula is C16H14I2N2O5Rh-2. The first-order chi connectivity index (χ1) is 11.9. The van der Waals surface area contributed by atoms with Crippen LogP contribution < -0.4 is 30.7 Å². The van der Waals surface area contributed by atoms with Crippen molar-refractivity contribution >= 4 is 45.3 Å². The van der Waals surface area contributed by atoms with Gasteiger partial charge in [-0.25, -0.2) is 0 Å². The summed E-state index contributed by atoms with van der Waals surface area (Å²) >= 11 is 1.50. The predicted molar refractivity (Wildman–Crippen MR) is 94.2 cm³/mol. The second-order valence-corrected chi connectivity index (χ2v) is 9.09. The summed E-state index contributed by atoms with van der Waals surface area (Å²) < 4.78 is 12.9. The van der Waals surface area contributed by atoms with Crippen LogP contribution in [0.15, 0.2) is 36.4 Å². The Kier molecular flexibility index (Phi) is 7.48. The SMILES string of the molecule is NC1([C-](I)C(=O)OCCOC(=O)c2ccc3cc(O)ccc3c2)N[I-]1.[Rh]. The zero-order valence-corrected chi connectivity index (χ0v) is 19.1. The van der Waals surface area contributed by atoms with E-state index in [2.05, 4.69) is 3.53 Å². The van der Waals surface area contributed by atoms with Crippen LogP contribution in [0.4, 0.5) is 0 Å². The van der Waals surface area contributed by atoms with E-state index in [-0.39, 0.29) is 59.9 Å². The molecule has 1 atom stereocenters. The predicted octanol–water partition coefficient (Wildman–Crippen LogP) is -1.57. The second-order valence-electron chi connectivity index (χ2n) is 5.23.